The molecule has 2 aromatic carbocycles. The van der Waals surface area contributed by atoms with Gasteiger partial charge in [0.25, 0.3) is 5.56 Å². The Bertz CT molecular complexity index is 2050. The highest BCUT2D eigenvalue weighted by Crippen LogP contribution is 2.32. The van der Waals surface area contributed by atoms with Crippen LogP contribution in [0.4, 0.5) is 0 Å². The molecule has 0 saturated carbocycles. The van der Waals surface area contributed by atoms with Crippen LogP contribution in [0.1, 0.15) is 20.7 Å². The van der Waals surface area contributed by atoms with Crippen LogP contribution in [0, 0.1) is 3.57 Å². The van der Waals surface area contributed by atoms with Crippen molar-refractivity contribution in [2.45, 2.75) is 0 Å². The Hall–Kier alpha value is -4.76. The van der Waals surface area contributed by atoms with E-state index in [0.717, 1.165) is 14.7 Å². The Morgan fingerprint density at radius 1 is 0.814 bits per heavy atom. The maximum atomic E-state index is 11.9. The van der Waals surface area contributed by atoms with E-state index in [2.05, 4.69) is 52.5 Å². The number of aromatic amines is 3. The summed E-state index contributed by atoms with van der Waals surface area (Å²) in [6.07, 6.45) is 3.13. The second kappa shape index (κ2) is 12.6. The second-order valence-electron chi connectivity index (χ2n) is 8.76. The number of nitrogens with one attached hydrogen (secondary N) is 3. The fourth-order valence-corrected chi connectivity index (χ4v) is 5.20. The summed E-state index contributed by atoms with van der Waals surface area (Å²) in [5.41, 5.74) is 3.72. The summed E-state index contributed by atoms with van der Waals surface area (Å²) in [5.74, 6) is 0.461. The van der Waals surface area contributed by atoms with Crippen LogP contribution in [0.25, 0.3) is 44.8 Å². The summed E-state index contributed by atoms with van der Waals surface area (Å²) >= 11 is 8.24. The molecule has 14 heteroatoms. The van der Waals surface area contributed by atoms with Crippen molar-refractivity contribution in [3.05, 3.63) is 91.0 Å². The van der Waals surface area contributed by atoms with Gasteiger partial charge in [-0.1, -0.05) is 23.7 Å². The molecule has 4 heterocycles. The van der Waals surface area contributed by atoms with Crippen molar-refractivity contribution in [3.63, 3.8) is 0 Å². The second-order valence-corrected chi connectivity index (χ2v) is 10.3. The Balaban J connectivity index is 0.000000171. The minimum atomic E-state index is -0.494. The number of hydrogen-bond donors (Lipinski definition) is 3. The molecule has 6 rings (SSSR count). The SMILES string of the molecule is COC(=O)c1cccc2[nH]c(-c3c(Cl)cc[nH]c3=O)nc12.COC(=O)c1cccc2[nH]c(-c3c(I)ccnc3OC)nc12. The Labute approximate surface area is 261 Å². The highest BCUT2D eigenvalue weighted by Gasteiger charge is 2.20. The molecule has 0 unspecified atom stereocenters. The average molecular weight is 713 g/mol. The molecular formula is C29H22ClIN6O6. The van der Waals surface area contributed by atoms with Gasteiger partial charge < -0.3 is 29.2 Å². The van der Waals surface area contributed by atoms with Crippen LogP contribution in [-0.4, -0.2) is 63.2 Å². The smallest absolute Gasteiger partial charge is 0.340 e. The van der Waals surface area contributed by atoms with Crippen LogP contribution in [0.2, 0.25) is 5.02 Å². The van der Waals surface area contributed by atoms with Gasteiger partial charge in [-0.05, 0) is 59.0 Å². The highest BCUT2D eigenvalue weighted by molar-refractivity contribution is 14.1. The zero-order chi connectivity index (χ0) is 30.7. The lowest BCUT2D eigenvalue weighted by atomic mass is 10.2. The minimum absolute atomic E-state index is 0.228. The minimum Gasteiger partial charge on any atom is -0.480 e. The quantitative estimate of drug-likeness (QED) is 0.157. The van der Waals surface area contributed by atoms with Gasteiger partial charge in [-0.3, -0.25) is 4.79 Å². The molecule has 0 radical (unpaired) electrons. The lowest BCUT2D eigenvalue weighted by Crippen LogP contribution is -2.09. The lowest BCUT2D eigenvalue weighted by molar-refractivity contribution is 0.0594. The topological polar surface area (TPSA) is 165 Å². The number of aromatic nitrogens is 6. The van der Waals surface area contributed by atoms with Crippen LogP contribution in [0.3, 0.4) is 0 Å². The molecule has 4 aromatic heterocycles. The number of halogens is 2. The Morgan fingerprint density at radius 2 is 1.37 bits per heavy atom. The third kappa shape index (κ3) is 5.81. The van der Waals surface area contributed by atoms with E-state index in [-0.39, 0.29) is 16.1 Å². The van der Waals surface area contributed by atoms with E-state index in [1.807, 2.05) is 12.1 Å². The number of fused-ring (bicyclic) bond motifs is 2. The van der Waals surface area contributed by atoms with Gasteiger partial charge in [-0.2, -0.15) is 0 Å². The highest BCUT2D eigenvalue weighted by atomic mass is 127. The van der Waals surface area contributed by atoms with E-state index in [0.29, 0.717) is 45.2 Å². The molecule has 0 bridgehead atoms. The Kier molecular flexibility index (Phi) is 8.73. The van der Waals surface area contributed by atoms with Gasteiger partial charge >= 0.3 is 11.9 Å². The van der Waals surface area contributed by atoms with Crippen LogP contribution in [0.5, 0.6) is 5.88 Å². The standard InChI is InChI=1S/C15H12IN3O3.C14H10ClN3O3/c1-21-14-11(9(16)6-7-17-14)13-18-10-5-3-4-8(12(10)19-13)15(20)22-2;1-21-14(20)7-3-2-4-9-11(7)18-12(17-9)10-8(15)5-6-16-13(10)19/h3-7H,1-2H3,(H,18,19);2-6H,1H3,(H,16,19)(H,17,18). The van der Waals surface area contributed by atoms with Crippen molar-refractivity contribution >= 4 is 68.2 Å². The third-order valence-corrected chi connectivity index (χ3v) is 7.49. The fourth-order valence-electron chi connectivity index (χ4n) is 4.32. The molecule has 0 atom stereocenters. The third-order valence-electron chi connectivity index (χ3n) is 6.28. The summed E-state index contributed by atoms with van der Waals surface area (Å²) in [7, 11) is 4.21. The number of benzene rings is 2. The number of carbonyl (C=O) groups is 2. The number of ether oxygens (including phenoxy) is 3. The Morgan fingerprint density at radius 3 is 1.88 bits per heavy atom. The molecule has 12 nitrogen and oxygen atoms in total. The number of carbonyl (C=O) groups excluding carboxylic acids is 2. The molecule has 3 N–H and O–H groups in total. The first-order valence-corrected chi connectivity index (χ1v) is 13.9. The first-order chi connectivity index (χ1) is 20.8. The van der Waals surface area contributed by atoms with E-state index in [1.165, 1.54) is 20.4 Å². The van der Waals surface area contributed by atoms with Crippen molar-refractivity contribution < 1.29 is 23.8 Å². The monoisotopic (exact) mass is 712 g/mol. The molecule has 6 aromatic rings. The molecule has 43 heavy (non-hydrogen) atoms. The average Bonchev–Trinajstić information content (AvgIpc) is 3.64. The van der Waals surface area contributed by atoms with E-state index >= 15 is 0 Å². The van der Waals surface area contributed by atoms with Crippen molar-refractivity contribution in [2.75, 3.05) is 21.3 Å². The van der Waals surface area contributed by atoms with Crippen molar-refractivity contribution in [1.29, 1.82) is 0 Å². The number of H-pyrrole nitrogens is 3. The summed E-state index contributed by atoms with van der Waals surface area (Å²) in [5, 5.41) is 0.275. The van der Waals surface area contributed by atoms with Crippen LogP contribution in [0.15, 0.2) is 65.7 Å². The van der Waals surface area contributed by atoms with Crippen molar-refractivity contribution in [2.24, 2.45) is 0 Å². The van der Waals surface area contributed by atoms with E-state index < -0.39 is 11.9 Å². The summed E-state index contributed by atoms with van der Waals surface area (Å²) in [4.78, 5) is 57.3. The van der Waals surface area contributed by atoms with E-state index in [9.17, 15) is 14.4 Å². The summed E-state index contributed by atoms with van der Waals surface area (Å²) in [6, 6.07) is 13.8. The van der Waals surface area contributed by atoms with Gasteiger partial charge in [0.05, 0.1) is 54.1 Å². The molecule has 0 aliphatic carbocycles. The number of esters is 2. The van der Waals surface area contributed by atoms with Crippen molar-refractivity contribution in [1.82, 2.24) is 29.9 Å². The molecule has 0 amide bonds. The summed E-state index contributed by atoms with van der Waals surface area (Å²) in [6.45, 7) is 0. The predicted octanol–water partition coefficient (Wildman–Crippen LogP) is 5.38. The van der Waals surface area contributed by atoms with Gasteiger partial charge in [0.15, 0.2) is 0 Å². The van der Waals surface area contributed by atoms with E-state index in [4.69, 9.17) is 25.8 Å². The molecule has 0 fully saturated rings. The maximum Gasteiger partial charge on any atom is 0.340 e. The van der Waals surface area contributed by atoms with Crippen LogP contribution in [-0.2, 0) is 9.47 Å². The van der Waals surface area contributed by atoms with Gasteiger partial charge in [0.1, 0.15) is 28.2 Å². The molecule has 0 aliphatic heterocycles. The normalized spacial score (nSPS) is 10.7. The zero-order valence-electron chi connectivity index (χ0n) is 22.8. The lowest BCUT2D eigenvalue weighted by Gasteiger charge is -2.06. The number of methoxy groups -OCH3 is 3. The number of rotatable bonds is 5. The first-order valence-electron chi connectivity index (χ1n) is 12.5. The van der Waals surface area contributed by atoms with Gasteiger partial charge in [0.2, 0.25) is 5.88 Å². The molecule has 0 saturated heterocycles. The number of para-hydroxylation sites is 2. The number of hydrogen-bond acceptors (Lipinski definition) is 9. The van der Waals surface area contributed by atoms with Gasteiger partial charge in [-0.15, -0.1) is 0 Å². The van der Waals surface area contributed by atoms with Crippen LogP contribution >= 0.6 is 34.2 Å². The molecular weight excluding hydrogens is 691 g/mol. The van der Waals surface area contributed by atoms with Crippen molar-refractivity contribution in [3.8, 4) is 28.7 Å². The van der Waals surface area contributed by atoms with Gasteiger partial charge in [0, 0.05) is 16.0 Å². The predicted molar refractivity (Wildman–Crippen MR) is 168 cm³/mol. The largest absolute Gasteiger partial charge is 0.480 e. The fraction of sp³-hybridized carbons (Fsp3) is 0.103. The number of pyridine rings is 2. The molecule has 0 spiro atoms. The first kappa shape index (κ1) is 29.7. The maximum absolute atomic E-state index is 11.9. The van der Waals surface area contributed by atoms with Crippen LogP contribution < -0.4 is 10.3 Å². The molecule has 218 valence electrons. The number of imidazole rings is 2. The number of nitrogens with zero attached hydrogens (tertiary/aromatic N) is 3. The van der Waals surface area contributed by atoms with E-state index in [1.54, 1.807) is 49.7 Å². The molecule has 0 aliphatic rings. The summed E-state index contributed by atoms with van der Waals surface area (Å²) < 4.78 is 15.8. The van der Waals surface area contributed by atoms with Gasteiger partial charge in [-0.25, -0.2) is 24.5 Å². The zero-order valence-corrected chi connectivity index (χ0v) is 25.7.